The van der Waals surface area contributed by atoms with Gasteiger partial charge in [0.15, 0.2) is 0 Å². The molecule has 0 saturated heterocycles. The van der Waals surface area contributed by atoms with E-state index in [4.69, 9.17) is 9.47 Å². The molecule has 180 valence electrons. The summed E-state index contributed by atoms with van der Waals surface area (Å²) in [4.78, 5) is 31.3. The molecule has 0 aliphatic heterocycles. The molecule has 0 radical (unpaired) electrons. The van der Waals surface area contributed by atoms with Gasteiger partial charge in [0.2, 0.25) is 0 Å². The SMILES string of the molecule is CCOc1ccc2[nH]c(=O)c(CN(CCc3ccccc3C)C(=O)c3ccccc3OC)cc2c1. The van der Waals surface area contributed by atoms with Crippen molar-refractivity contribution < 1.29 is 14.3 Å². The molecule has 6 nitrogen and oxygen atoms in total. The standard InChI is InChI=1S/C29H30N2O4/c1-4-35-24-13-14-26-22(18-24)17-23(28(32)30-26)19-31(16-15-21-10-6-5-9-20(21)2)29(33)25-11-7-8-12-27(25)34-3/h5-14,17-18H,4,15-16,19H2,1-3H3,(H,30,32). The number of carbonyl (C=O) groups excluding carboxylic acids is 1. The van der Waals surface area contributed by atoms with Crippen LogP contribution < -0.4 is 15.0 Å². The Labute approximate surface area is 205 Å². The molecule has 0 unspecified atom stereocenters. The van der Waals surface area contributed by atoms with E-state index in [1.54, 1.807) is 24.1 Å². The summed E-state index contributed by atoms with van der Waals surface area (Å²) in [5.41, 5.74) is 3.83. The lowest BCUT2D eigenvalue weighted by atomic mass is 10.0. The average molecular weight is 471 g/mol. The number of H-pyrrole nitrogens is 1. The van der Waals surface area contributed by atoms with Gasteiger partial charge in [-0.1, -0.05) is 36.4 Å². The normalized spacial score (nSPS) is 10.8. The molecule has 0 atom stereocenters. The maximum Gasteiger partial charge on any atom is 0.257 e. The first-order valence-electron chi connectivity index (χ1n) is 11.8. The van der Waals surface area contributed by atoms with Crippen LogP contribution in [0.4, 0.5) is 0 Å². The number of aryl methyl sites for hydroxylation is 1. The molecular formula is C29H30N2O4. The predicted molar refractivity (Wildman–Crippen MR) is 138 cm³/mol. The smallest absolute Gasteiger partial charge is 0.257 e. The Kier molecular flexibility index (Phi) is 7.51. The van der Waals surface area contributed by atoms with Crippen molar-refractivity contribution in [3.8, 4) is 11.5 Å². The Balaban J connectivity index is 1.69. The van der Waals surface area contributed by atoms with Gasteiger partial charge in [-0.3, -0.25) is 9.59 Å². The van der Waals surface area contributed by atoms with E-state index in [1.807, 2.05) is 55.5 Å². The fraction of sp³-hybridized carbons (Fsp3) is 0.241. The van der Waals surface area contributed by atoms with Crippen LogP contribution in [0.2, 0.25) is 0 Å². The van der Waals surface area contributed by atoms with Crippen molar-refractivity contribution in [1.82, 2.24) is 9.88 Å². The molecule has 0 spiro atoms. The maximum atomic E-state index is 13.7. The highest BCUT2D eigenvalue weighted by Crippen LogP contribution is 2.23. The number of fused-ring (bicyclic) bond motifs is 1. The quantitative estimate of drug-likeness (QED) is 0.368. The average Bonchev–Trinajstić information content (AvgIpc) is 2.87. The molecule has 0 fully saturated rings. The first-order valence-corrected chi connectivity index (χ1v) is 11.8. The number of rotatable bonds is 9. The lowest BCUT2D eigenvalue weighted by Crippen LogP contribution is -2.34. The van der Waals surface area contributed by atoms with Crippen LogP contribution in [0.3, 0.4) is 0 Å². The third-order valence-corrected chi connectivity index (χ3v) is 6.10. The second kappa shape index (κ2) is 10.9. The summed E-state index contributed by atoms with van der Waals surface area (Å²) in [7, 11) is 1.55. The van der Waals surface area contributed by atoms with Crippen molar-refractivity contribution in [2.75, 3.05) is 20.3 Å². The van der Waals surface area contributed by atoms with Crippen LogP contribution in [-0.2, 0) is 13.0 Å². The van der Waals surface area contributed by atoms with Gasteiger partial charge >= 0.3 is 0 Å². The molecule has 0 bridgehead atoms. The van der Waals surface area contributed by atoms with Gasteiger partial charge in [0, 0.05) is 23.0 Å². The second-order valence-electron chi connectivity index (χ2n) is 8.41. The summed E-state index contributed by atoms with van der Waals surface area (Å²) in [5, 5.41) is 0.856. The number of amides is 1. The van der Waals surface area contributed by atoms with E-state index in [2.05, 4.69) is 24.0 Å². The number of pyridine rings is 1. The van der Waals surface area contributed by atoms with Gasteiger partial charge in [-0.2, -0.15) is 0 Å². The molecule has 0 aliphatic rings. The minimum atomic E-state index is -0.213. The third kappa shape index (κ3) is 5.54. The Hall–Kier alpha value is -4.06. The predicted octanol–water partition coefficient (Wildman–Crippen LogP) is 5.13. The first-order chi connectivity index (χ1) is 17.0. The third-order valence-electron chi connectivity index (χ3n) is 6.10. The number of carbonyl (C=O) groups is 1. The van der Waals surface area contributed by atoms with Crippen LogP contribution in [0.1, 0.15) is 34.0 Å². The van der Waals surface area contributed by atoms with Gasteiger partial charge in [0.1, 0.15) is 11.5 Å². The highest BCUT2D eigenvalue weighted by atomic mass is 16.5. The number of hydrogen-bond acceptors (Lipinski definition) is 4. The zero-order chi connectivity index (χ0) is 24.8. The van der Waals surface area contributed by atoms with E-state index in [0.717, 1.165) is 16.7 Å². The zero-order valence-electron chi connectivity index (χ0n) is 20.3. The Morgan fingerprint density at radius 2 is 1.74 bits per heavy atom. The summed E-state index contributed by atoms with van der Waals surface area (Å²) >= 11 is 0. The number of methoxy groups -OCH3 is 1. The van der Waals surface area contributed by atoms with Gasteiger partial charge in [-0.15, -0.1) is 0 Å². The highest BCUT2D eigenvalue weighted by Gasteiger charge is 2.21. The Morgan fingerprint density at radius 3 is 2.51 bits per heavy atom. The van der Waals surface area contributed by atoms with Crippen LogP contribution in [0.5, 0.6) is 11.5 Å². The van der Waals surface area contributed by atoms with Crippen molar-refractivity contribution in [2.24, 2.45) is 0 Å². The monoisotopic (exact) mass is 470 g/mol. The number of benzene rings is 3. The summed E-state index contributed by atoms with van der Waals surface area (Å²) in [6, 6.07) is 22.7. The van der Waals surface area contributed by atoms with Gasteiger partial charge in [0.05, 0.1) is 25.8 Å². The zero-order valence-corrected chi connectivity index (χ0v) is 20.3. The van der Waals surface area contributed by atoms with Crippen LogP contribution >= 0.6 is 0 Å². The lowest BCUT2D eigenvalue weighted by molar-refractivity contribution is 0.0741. The second-order valence-corrected chi connectivity index (χ2v) is 8.41. The highest BCUT2D eigenvalue weighted by molar-refractivity contribution is 5.97. The summed E-state index contributed by atoms with van der Waals surface area (Å²) in [5.74, 6) is 1.06. The molecule has 4 rings (SSSR count). The number of para-hydroxylation sites is 1. The largest absolute Gasteiger partial charge is 0.496 e. The Morgan fingerprint density at radius 1 is 0.971 bits per heavy atom. The van der Waals surface area contributed by atoms with Gasteiger partial charge in [-0.05, 0) is 67.8 Å². The van der Waals surface area contributed by atoms with E-state index in [0.29, 0.717) is 36.4 Å². The number of aromatic amines is 1. The number of nitrogens with zero attached hydrogens (tertiary/aromatic N) is 1. The molecule has 1 amide bonds. The van der Waals surface area contributed by atoms with Crippen molar-refractivity contribution in [2.45, 2.75) is 26.8 Å². The van der Waals surface area contributed by atoms with Crippen molar-refractivity contribution >= 4 is 16.8 Å². The van der Waals surface area contributed by atoms with E-state index in [-0.39, 0.29) is 18.0 Å². The van der Waals surface area contributed by atoms with Crippen LogP contribution in [-0.4, -0.2) is 36.1 Å². The molecule has 0 saturated carbocycles. The lowest BCUT2D eigenvalue weighted by Gasteiger charge is -2.24. The summed E-state index contributed by atoms with van der Waals surface area (Å²) < 4.78 is 11.1. The van der Waals surface area contributed by atoms with E-state index < -0.39 is 0 Å². The van der Waals surface area contributed by atoms with Crippen molar-refractivity contribution in [3.63, 3.8) is 0 Å². The van der Waals surface area contributed by atoms with E-state index >= 15 is 0 Å². The summed E-state index contributed by atoms with van der Waals surface area (Å²) in [6.45, 7) is 5.18. The fourth-order valence-electron chi connectivity index (χ4n) is 4.20. The number of nitrogens with one attached hydrogen (secondary N) is 1. The molecule has 1 N–H and O–H groups in total. The van der Waals surface area contributed by atoms with Gasteiger partial charge in [-0.25, -0.2) is 0 Å². The molecular weight excluding hydrogens is 440 g/mol. The topological polar surface area (TPSA) is 71.6 Å². The van der Waals surface area contributed by atoms with Gasteiger partial charge < -0.3 is 19.4 Å². The summed E-state index contributed by atoms with van der Waals surface area (Å²) in [6.07, 6.45) is 0.674. The van der Waals surface area contributed by atoms with Gasteiger partial charge in [0.25, 0.3) is 11.5 Å². The molecule has 4 aromatic rings. The first kappa shape index (κ1) is 24.1. The minimum absolute atomic E-state index is 0.174. The Bertz CT molecular complexity index is 1390. The van der Waals surface area contributed by atoms with E-state index in [1.165, 1.54) is 11.1 Å². The molecule has 0 aliphatic carbocycles. The molecule has 35 heavy (non-hydrogen) atoms. The number of hydrogen-bond donors (Lipinski definition) is 1. The molecule has 1 aromatic heterocycles. The number of ether oxygens (including phenoxy) is 2. The fourth-order valence-corrected chi connectivity index (χ4v) is 4.20. The minimum Gasteiger partial charge on any atom is -0.496 e. The molecule has 3 aromatic carbocycles. The van der Waals surface area contributed by atoms with Crippen molar-refractivity contribution in [1.29, 1.82) is 0 Å². The molecule has 6 heteroatoms. The van der Waals surface area contributed by atoms with Crippen LogP contribution in [0, 0.1) is 6.92 Å². The maximum absolute atomic E-state index is 13.7. The molecule has 1 heterocycles. The number of aromatic nitrogens is 1. The van der Waals surface area contributed by atoms with Crippen molar-refractivity contribution in [3.05, 3.63) is 105 Å². The van der Waals surface area contributed by atoms with Crippen LogP contribution in [0.25, 0.3) is 10.9 Å². The van der Waals surface area contributed by atoms with E-state index in [9.17, 15) is 9.59 Å². The van der Waals surface area contributed by atoms with Crippen LogP contribution in [0.15, 0.2) is 77.6 Å².